The third-order valence-corrected chi connectivity index (χ3v) is 4.19. The van der Waals surface area contributed by atoms with Gasteiger partial charge in [-0.3, -0.25) is 0 Å². The van der Waals surface area contributed by atoms with Crippen molar-refractivity contribution in [1.82, 2.24) is 5.32 Å². The monoisotopic (exact) mass is 347 g/mol. The summed E-state index contributed by atoms with van der Waals surface area (Å²) in [6, 6.07) is 17.1. The van der Waals surface area contributed by atoms with Crippen LogP contribution in [0.1, 0.15) is 30.5 Å². The molecule has 21 heavy (non-hydrogen) atoms. The van der Waals surface area contributed by atoms with Crippen molar-refractivity contribution in [3.63, 3.8) is 0 Å². The second kappa shape index (κ2) is 8.20. The Balaban J connectivity index is 1.93. The van der Waals surface area contributed by atoms with Gasteiger partial charge >= 0.3 is 0 Å². The Labute approximate surface area is 135 Å². The smallest absolute Gasteiger partial charge is 0.122 e. The topological polar surface area (TPSA) is 21.3 Å². The Hall–Kier alpha value is -1.32. The summed E-state index contributed by atoms with van der Waals surface area (Å²) in [5.41, 5.74) is 2.58. The van der Waals surface area contributed by atoms with E-state index in [0.717, 1.165) is 29.6 Å². The Morgan fingerprint density at radius 3 is 2.48 bits per heavy atom. The minimum Gasteiger partial charge on any atom is -0.496 e. The third-order valence-electron chi connectivity index (χ3n) is 3.66. The van der Waals surface area contributed by atoms with Crippen LogP contribution in [0.25, 0.3) is 0 Å². The number of ether oxygens (including phenoxy) is 1. The van der Waals surface area contributed by atoms with E-state index in [0.29, 0.717) is 6.04 Å². The molecule has 3 heteroatoms. The molecule has 1 unspecified atom stereocenters. The van der Waals surface area contributed by atoms with E-state index in [4.69, 9.17) is 4.74 Å². The van der Waals surface area contributed by atoms with Crippen LogP contribution in [0, 0.1) is 0 Å². The van der Waals surface area contributed by atoms with Gasteiger partial charge < -0.3 is 10.1 Å². The van der Waals surface area contributed by atoms with Crippen LogP contribution in [0.5, 0.6) is 5.75 Å². The molecular weight excluding hydrogens is 326 g/mol. The number of rotatable bonds is 7. The molecule has 0 fully saturated rings. The van der Waals surface area contributed by atoms with Gasteiger partial charge in [-0.05, 0) is 48.7 Å². The van der Waals surface area contributed by atoms with Gasteiger partial charge in [0.2, 0.25) is 0 Å². The number of nitrogens with one attached hydrogen (secondary N) is 1. The molecule has 2 aromatic rings. The summed E-state index contributed by atoms with van der Waals surface area (Å²) in [6.45, 7) is 3.15. The number of para-hydroxylation sites is 1. The lowest BCUT2D eigenvalue weighted by molar-refractivity contribution is 0.408. The second-order valence-electron chi connectivity index (χ2n) is 5.03. The Bertz CT molecular complexity index is 553. The zero-order chi connectivity index (χ0) is 15.1. The van der Waals surface area contributed by atoms with Crippen molar-refractivity contribution < 1.29 is 4.74 Å². The highest BCUT2D eigenvalue weighted by Crippen LogP contribution is 2.21. The predicted molar refractivity (Wildman–Crippen MR) is 91.9 cm³/mol. The number of benzene rings is 2. The quantitative estimate of drug-likeness (QED) is 0.780. The lowest BCUT2D eigenvalue weighted by Crippen LogP contribution is -2.23. The summed E-state index contributed by atoms with van der Waals surface area (Å²) in [6.07, 6.45) is 2.05. The minimum atomic E-state index is 0.396. The first-order chi connectivity index (χ1) is 10.2. The van der Waals surface area contributed by atoms with Crippen LogP contribution in [-0.4, -0.2) is 13.7 Å². The normalized spacial score (nSPS) is 12.1. The molecular formula is C18H22BrNO. The van der Waals surface area contributed by atoms with Crippen LogP contribution >= 0.6 is 15.9 Å². The molecule has 0 aliphatic rings. The van der Waals surface area contributed by atoms with Gasteiger partial charge in [-0.25, -0.2) is 0 Å². The van der Waals surface area contributed by atoms with Crippen LogP contribution < -0.4 is 10.1 Å². The first-order valence-corrected chi connectivity index (χ1v) is 8.14. The third kappa shape index (κ3) is 4.58. The van der Waals surface area contributed by atoms with Gasteiger partial charge in [-0.2, -0.15) is 0 Å². The Morgan fingerprint density at radius 2 is 1.81 bits per heavy atom. The average Bonchev–Trinajstić information content (AvgIpc) is 2.53. The van der Waals surface area contributed by atoms with Gasteiger partial charge in [-0.1, -0.05) is 53.2 Å². The van der Waals surface area contributed by atoms with E-state index in [1.807, 2.05) is 12.1 Å². The summed E-state index contributed by atoms with van der Waals surface area (Å²) >= 11 is 3.48. The highest BCUT2D eigenvalue weighted by molar-refractivity contribution is 9.10. The summed E-state index contributed by atoms with van der Waals surface area (Å²) in [5.74, 6) is 0.969. The van der Waals surface area contributed by atoms with Crippen molar-refractivity contribution in [2.45, 2.75) is 25.8 Å². The summed E-state index contributed by atoms with van der Waals surface area (Å²) in [5, 5.41) is 3.63. The van der Waals surface area contributed by atoms with Crippen molar-refractivity contribution >= 4 is 15.9 Å². The molecule has 0 aromatic heterocycles. The van der Waals surface area contributed by atoms with Crippen molar-refractivity contribution in [2.24, 2.45) is 0 Å². The average molecular weight is 348 g/mol. The highest BCUT2D eigenvalue weighted by atomic mass is 79.9. The van der Waals surface area contributed by atoms with Crippen LogP contribution in [0.2, 0.25) is 0 Å². The molecule has 0 aliphatic heterocycles. The first kappa shape index (κ1) is 16.1. The maximum Gasteiger partial charge on any atom is 0.122 e. The molecule has 0 saturated heterocycles. The van der Waals surface area contributed by atoms with Gasteiger partial charge in [0.05, 0.1) is 7.11 Å². The molecule has 0 saturated carbocycles. The second-order valence-corrected chi connectivity index (χ2v) is 5.94. The molecule has 0 bridgehead atoms. The molecule has 2 rings (SSSR count). The van der Waals surface area contributed by atoms with Gasteiger partial charge in [-0.15, -0.1) is 0 Å². The van der Waals surface area contributed by atoms with E-state index in [9.17, 15) is 0 Å². The lowest BCUT2D eigenvalue weighted by Gasteiger charge is -2.18. The molecule has 112 valence electrons. The highest BCUT2D eigenvalue weighted by Gasteiger charge is 2.09. The number of halogens is 1. The van der Waals surface area contributed by atoms with Gasteiger partial charge in [0.15, 0.2) is 0 Å². The summed E-state index contributed by atoms with van der Waals surface area (Å²) < 4.78 is 6.51. The van der Waals surface area contributed by atoms with Crippen LogP contribution in [-0.2, 0) is 6.42 Å². The van der Waals surface area contributed by atoms with E-state index in [-0.39, 0.29) is 0 Å². The van der Waals surface area contributed by atoms with Crippen molar-refractivity contribution in [2.75, 3.05) is 13.7 Å². The Kier molecular flexibility index (Phi) is 6.27. The van der Waals surface area contributed by atoms with E-state index in [2.05, 4.69) is 64.6 Å². The zero-order valence-electron chi connectivity index (χ0n) is 12.6. The van der Waals surface area contributed by atoms with Crippen LogP contribution in [0.3, 0.4) is 0 Å². The molecule has 2 aromatic carbocycles. The summed E-state index contributed by atoms with van der Waals surface area (Å²) in [7, 11) is 1.73. The van der Waals surface area contributed by atoms with Crippen LogP contribution in [0.15, 0.2) is 53.0 Å². The predicted octanol–water partition coefficient (Wildman–Crippen LogP) is 4.74. The van der Waals surface area contributed by atoms with E-state index < -0.39 is 0 Å². The largest absolute Gasteiger partial charge is 0.496 e. The van der Waals surface area contributed by atoms with Gasteiger partial charge in [0.25, 0.3) is 0 Å². The van der Waals surface area contributed by atoms with Crippen molar-refractivity contribution in [1.29, 1.82) is 0 Å². The maximum atomic E-state index is 5.39. The SMILES string of the molecule is CCC(NCCc1ccccc1OC)c1ccc(Br)cc1. The molecule has 1 N–H and O–H groups in total. The fourth-order valence-electron chi connectivity index (χ4n) is 2.48. The standard InChI is InChI=1S/C18H22BrNO/c1-3-17(14-8-10-16(19)11-9-14)20-13-12-15-6-4-5-7-18(15)21-2/h4-11,17,20H,3,12-13H2,1-2H3. The zero-order valence-corrected chi connectivity index (χ0v) is 14.2. The lowest BCUT2D eigenvalue weighted by atomic mass is 10.0. The molecule has 2 nitrogen and oxygen atoms in total. The van der Waals surface area contributed by atoms with E-state index in [1.54, 1.807) is 7.11 Å². The molecule has 0 amide bonds. The van der Waals surface area contributed by atoms with Crippen molar-refractivity contribution in [3.05, 3.63) is 64.1 Å². The molecule has 1 atom stereocenters. The summed E-state index contributed by atoms with van der Waals surface area (Å²) in [4.78, 5) is 0. The molecule has 0 radical (unpaired) electrons. The van der Waals surface area contributed by atoms with Crippen LogP contribution in [0.4, 0.5) is 0 Å². The Morgan fingerprint density at radius 1 is 1.10 bits per heavy atom. The first-order valence-electron chi connectivity index (χ1n) is 7.35. The minimum absolute atomic E-state index is 0.396. The number of hydrogen-bond acceptors (Lipinski definition) is 2. The number of hydrogen-bond donors (Lipinski definition) is 1. The molecule has 0 aliphatic carbocycles. The number of methoxy groups -OCH3 is 1. The fraction of sp³-hybridized carbons (Fsp3) is 0.333. The van der Waals surface area contributed by atoms with E-state index >= 15 is 0 Å². The molecule has 0 spiro atoms. The van der Waals surface area contributed by atoms with Gasteiger partial charge in [0, 0.05) is 10.5 Å². The van der Waals surface area contributed by atoms with E-state index in [1.165, 1.54) is 11.1 Å². The van der Waals surface area contributed by atoms with Gasteiger partial charge in [0.1, 0.15) is 5.75 Å². The maximum absolute atomic E-state index is 5.39. The fourth-order valence-corrected chi connectivity index (χ4v) is 2.75. The van der Waals surface area contributed by atoms with Crippen molar-refractivity contribution in [3.8, 4) is 5.75 Å². The molecule has 0 heterocycles.